The number of phenols is 4. The van der Waals surface area contributed by atoms with E-state index in [0.29, 0.717) is 0 Å². The Morgan fingerprint density at radius 2 is 0.923 bits per heavy atom. The molecule has 0 heterocycles. The number of hydrogen-bond donors (Lipinski definition) is 4. The van der Waals surface area contributed by atoms with Crippen LogP contribution in [-0.2, 0) is 9.47 Å². The molecule has 0 fully saturated rings. The van der Waals surface area contributed by atoms with Crippen molar-refractivity contribution in [2.45, 2.75) is 0 Å². The summed E-state index contributed by atoms with van der Waals surface area (Å²) in [6, 6.07) is 6.58. The van der Waals surface area contributed by atoms with Gasteiger partial charge in [-0.05, 0) is 24.3 Å². The zero-order chi connectivity index (χ0) is 19.7. The largest absolute Gasteiger partial charge is 0.508 e. The van der Waals surface area contributed by atoms with Gasteiger partial charge in [0.25, 0.3) is 0 Å². The van der Waals surface area contributed by atoms with E-state index < -0.39 is 11.9 Å². The minimum Gasteiger partial charge on any atom is -0.508 e. The summed E-state index contributed by atoms with van der Waals surface area (Å²) in [6.45, 7) is 5.48. The highest BCUT2D eigenvalue weighted by molar-refractivity contribution is 5.91. The SMILES string of the molecule is C=C.O=C(OCCOC(=O)c1cc(O)cc(O)c1)c1cc(O)cc(O)c1. The monoisotopic (exact) mass is 362 g/mol. The summed E-state index contributed by atoms with van der Waals surface area (Å²) in [5, 5.41) is 37.1. The summed E-state index contributed by atoms with van der Waals surface area (Å²) in [5.74, 6) is -2.80. The molecule has 26 heavy (non-hydrogen) atoms. The fourth-order valence-electron chi connectivity index (χ4n) is 1.86. The van der Waals surface area contributed by atoms with Gasteiger partial charge in [-0.25, -0.2) is 9.59 Å². The van der Waals surface area contributed by atoms with E-state index in [-0.39, 0.29) is 47.3 Å². The minimum absolute atomic E-state index is 0.0586. The molecule has 0 aliphatic heterocycles. The van der Waals surface area contributed by atoms with Gasteiger partial charge in [0.05, 0.1) is 11.1 Å². The third-order valence-corrected chi connectivity index (χ3v) is 2.83. The molecule has 0 unspecified atom stereocenters. The van der Waals surface area contributed by atoms with Gasteiger partial charge >= 0.3 is 11.9 Å². The molecule has 0 amide bonds. The van der Waals surface area contributed by atoms with Crippen molar-refractivity contribution in [3.63, 3.8) is 0 Å². The van der Waals surface area contributed by atoms with Crippen LogP contribution in [0.3, 0.4) is 0 Å². The molecule has 0 aromatic heterocycles. The van der Waals surface area contributed by atoms with Crippen LogP contribution < -0.4 is 0 Å². The van der Waals surface area contributed by atoms with E-state index >= 15 is 0 Å². The highest BCUT2D eigenvalue weighted by atomic mass is 16.6. The molecular weight excluding hydrogens is 344 g/mol. The first-order valence-electron chi connectivity index (χ1n) is 7.25. The second-order valence-electron chi connectivity index (χ2n) is 4.75. The lowest BCUT2D eigenvalue weighted by atomic mass is 10.2. The van der Waals surface area contributed by atoms with Gasteiger partial charge in [0.1, 0.15) is 36.2 Å². The maximum absolute atomic E-state index is 11.7. The van der Waals surface area contributed by atoms with Crippen LogP contribution in [0.15, 0.2) is 49.6 Å². The maximum atomic E-state index is 11.7. The Balaban J connectivity index is 0.00000163. The Kier molecular flexibility index (Phi) is 7.50. The zero-order valence-electron chi connectivity index (χ0n) is 13.7. The summed E-state index contributed by atoms with van der Waals surface area (Å²) in [7, 11) is 0. The summed E-state index contributed by atoms with van der Waals surface area (Å²) in [6.07, 6.45) is 0. The van der Waals surface area contributed by atoms with Crippen LogP contribution in [0.1, 0.15) is 20.7 Å². The van der Waals surface area contributed by atoms with Gasteiger partial charge in [-0.2, -0.15) is 0 Å². The third kappa shape index (κ3) is 6.08. The lowest BCUT2D eigenvalue weighted by Crippen LogP contribution is -2.14. The molecule has 0 saturated carbocycles. The van der Waals surface area contributed by atoms with Crippen LogP contribution in [0, 0.1) is 0 Å². The molecule has 0 aliphatic rings. The molecule has 0 radical (unpaired) electrons. The number of benzene rings is 2. The van der Waals surface area contributed by atoms with Crippen molar-refractivity contribution in [3.8, 4) is 23.0 Å². The molecule has 0 bridgehead atoms. The summed E-state index contributed by atoms with van der Waals surface area (Å²) >= 11 is 0. The molecule has 2 aromatic carbocycles. The second-order valence-corrected chi connectivity index (χ2v) is 4.75. The molecule has 0 saturated heterocycles. The van der Waals surface area contributed by atoms with Gasteiger partial charge in [0.2, 0.25) is 0 Å². The van der Waals surface area contributed by atoms with Gasteiger partial charge in [-0.3, -0.25) is 0 Å². The predicted octanol–water partition coefficient (Wildman–Crippen LogP) is 2.33. The van der Waals surface area contributed by atoms with Crippen molar-refractivity contribution in [3.05, 3.63) is 60.7 Å². The molecule has 8 heteroatoms. The lowest BCUT2D eigenvalue weighted by molar-refractivity contribution is 0.0265. The Morgan fingerprint density at radius 1 is 0.654 bits per heavy atom. The van der Waals surface area contributed by atoms with Crippen molar-refractivity contribution < 1.29 is 39.5 Å². The van der Waals surface area contributed by atoms with Crippen LogP contribution in [0.5, 0.6) is 23.0 Å². The van der Waals surface area contributed by atoms with Gasteiger partial charge in [0.15, 0.2) is 0 Å². The average Bonchev–Trinajstić information content (AvgIpc) is 2.58. The standard InChI is InChI=1S/C16H14O8.C2H4/c17-11-3-9(4-12(18)7-11)15(21)23-1-2-24-16(22)10-5-13(19)8-14(20)6-10;1-2/h3-8,17-20H,1-2H2;1-2H2. The number of rotatable bonds is 5. The number of phenolic OH excluding ortho intramolecular Hbond substituents is 4. The first-order valence-corrected chi connectivity index (χ1v) is 7.25. The maximum Gasteiger partial charge on any atom is 0.338 e. The van der Waals surface area contributed by atoms with Crippen molar-refractivity contribution in [2.75, 3.05) is 13.2 Å². The molecule has 0 aliphatic carbocycles. The second kappa shape index (κ2) is 9.58. The number of ether oxygens (including phenoxy) is 2. The van der Waals surface area contributed by atoms with Crippen molar-refractivity contribution in [1.82, 2.24) is 0 Å². The highest BCUT2D eigenvalue weighted by Gasteiger charge is 2.12. The minimum atomic E-state index is -0.813. The zero-order valence-corrected chi connectivity index (χ0v) is 13.7. The van der Waals surface area contributed by atoms with E-state index in [0.717, 1.165) is 36.4 Å². The fourth-order valence-corrected chi connectivity index (χ4v) is 1.86. The van der Waals surface area contributed by atoms with E-state index in [1.54, 1.807) is 0 Å². The Labute approximate surface area is 149 Å². The summed E-state index contributed by atoms with van der Waals surface area (Å²) in [5.41, 5.74) is -0.117. The molecule has 138 valence electrons. The third-order valence-electron chi connectivity index (χ3n) is 2.83. The number of carbonyl (C=O) groups excluding carboxylic acids is 2. The van der Waals surface area contributed by atoms with Crippen LogP contribution in [0.2, 0.25) is 0 Å². The Hall–Kier alpha value is -3.68. The lowest BCUT2D eigenvalue weighted by Gasteiger charge is -2.07. The smallest absolute Gasteiger partial charge is 0.338 e. The molecule has 2 aromatic rings. The van der Waals surface area contributed by atoms with Gasteiger partial charge in [-0.1, -0.05) is 0 Å². The number of esters is 2. The Bertz CT molecular complexity index is 679. The fraction of sp³-hybridized carbons (Fsp3) is 0.111. The molecule has 0 spiro atoms. The predicted molar refractivity (Wildman–Crippen MR) is 91.4 cm³/mol. The first kappa shape index (κ1) is 20.4. The average molecular weight is 362 g/mol. The van der Waals surface area contributed by atoms with E-state index in [4.69, 9.17) is 9.47 Å². The van der Waals surface area contributed by atoms with Gasteiger partial charge < -0.3 is 29.9 Å². The van der Waals surface area contributed by atoms with E-state index in [2.05, 4.69) is 13.2 Å². The molecule has 4 N–H and O–H groups in total. The van der Waals surface area contributed by atoms with Crippen LogP contribution in [-0.4, -0.2) is 45.6 Å². The van der Waals surface area contributed by atoms with E-state index in [1.165, 1.54) is 0 Å². The number of aromatic hydroxyl groups is 4. The van der Waals surface area contributed by atoms with Gasteiger partial charge in [0, 0.05) is 12.1 Å². The highest BCUT2D eigenvalue weighted by Crippen LogP contribution is 2.22. The van der Waals surface area contributed by atoms with Gasteiger partial charge in [-0.15, -0.1) is 13.2 Å². The van der Waals surface area contributed by atoms with Crippen LogP contribution >= 0.6 is 0 Å². The summed E-state index contributed by atoms with van der Waals surface area (Å²) < 4.78 is 9.67. The first-order chi connectivity index (χ1) is 12.3. The van der Waals surface area contributed by atoms with Crippen molar-refractivity contribution in [2.24, 2.45) is 0 Å². The Morgan fingerprint density at radius 3 is 1.19 bits per heavy atom. The summed E-state index contributed by atoms with van der Waals surface area (Å²) in [4.78, 5) is 23.4. The van der Waals surface area contributed by atoms with Crippen molar-refractivity contribution >= 4 is 11.9 Å². The topological polar surface area (TPSA) is 134 Å². The van der Waals surface area contributed by atoms with E-state index in [1.807, 2.05) is 0 Å². The van der Waals surface area contributed by atoms with Crippen molar-refractivity contribution in [1.29, 1.82) is 0 Å². The van der Waals surface area contributed by atoms with E-state index in [9.17, 15) is 30.0 Å². The number of carbonyl (C=O) groups is 2. The molecule has 2 rings (SSSR count). The van der Waals surface area contributed by atoms with Crippen LogP contribution in [0.4, 0.5) is 0 Å². The van der Waals surface area contributed by atoms with Crippen LogP contribution in [0.25, 0.3) is 0 Å². The number of hydrogen-bond acceptors (Lipinski definition) is 8. The molecule has 8 nitrogen and oxygen atoms in total. The molecule has 0 atom stereocenters. The normalized spacial score (nSPS) is 9.54. The quantitative estimate of drug-likeness (QED) is 0.362. The molecular formula is C18H18O8.